The maximum atomic E-state index is 13.8. The maximum Gasteiger partial charge on any atom is 0.338 e. The molecule has 0 radical (unpaired) electrons. The van der Waals surface area contributed by atoms with E-state index in [1.54, 1.807) is 19.9 Å². The minimum atomic E-state index is -0.618. The fourth-order valence-electron chi connectivity index (χ4n) is 2.71. The van der Waals surface area contributed by atoms with Crippen LogP contribution in [0.3, 0.4) is 0 Å². The van der Waals surface area contributed by atoms with Crippen molar-refractivity contribution in [3.05, 3.63) is 58.9 Å². The van der Waals surface area contributed by atoms with Gasteiger partial charge >= 0.3 is 11.9 Å². The van der Waals surface area contributed by atoms with Gasteiger partial charge in [0.15, 0.2) is 11.6 Å². The van der Waals surface area contributed by atoms with Crippen LogP contribution in [0.4, 0.5) is 10.1 Å². The minimum Gasteiger partial charge on any atom is -0.494 e. The number of halogens is 1. The third-order valence-corrected chi connectivity index (χ3v) is 4.10. The zero-order valence-electron chi connectivity index (χ0n) is 17.1. The van der Waals surface area contributed by atoms with Gasteiger partial charge in [-0.2, -0.15) is 0 Å². The predicted octanol–water partition coefficient (Wildman–Crippen LogP) is 3.76. The summed E-state index contributed by atoms with van der Waals surface area (Å²) in [5.74, 6) is -1.97. The molecular weight excluding hydrogens is 393 g/mol. The van der Waals surface area contributed by atoms with Crippen molar-refractivity contribution in [1.29, 1.82) is 0 Å². The number of carbonyl (C=O) groups is 3. The van der Waals surface area contributed by atoms with E-state index in [1.165, 1.54) is 37.4 Å². The zero-order chi connectivity index (χ0) is 22.1. The molecule has 1 N–H and O–H groups in total. The van der Waals surface area contributed by atoms with Gasteiger partial charge < -0.3 is 19.5 Å². The number of nitrogens with one attached hydrogen (secondary N) is 1. The number of anilines is 1. The number of benzene rings is 2. The molecule has 7 nitrogen and oxygen atoms in total. The molecule has 0 saturated heterocycles. The summed E-state index contributed by atoms with van der Waals surface area (Å²) < 4.78 is 28.6. The van der Waals surface area contributed by atoms with E-state index in [0.29, 0.717) is 12.0 Å². The molecule has 0 heterocycles. The van der Waals surface area contributed by atoms with E-state index in [2.05, 4.69) is 5.32 Å². The Bertz CT molecular complexity index is 892. The predicted molar refractivity (Wildman–Crippen MR) is 108 cm³/mol. The van der Waals surface area contributed by atoms with Gasteiger partial charge in [-0.25, -0.2) is 14.0 Å². The quantitative estimate of drug-likeness (QED) is 0.625. The molecule has 160 valence electrons. The van der Waals surface area contributed by atoms with Crippen molar-refractivity contribution >= 4 is 23.5 Å². The van der Waals surface area contributed by atoms with E-state index in [0.717, 1.165) is 0 Å². The highest BCUT2D eigenvalue weighted by atomic mass is 19.1. The van der Waals surface area contributed by atoms with Crippen molar-refractivity contribution in [3.63, 3.8) is 0 Å². The SMILES string of the molecule is CCOC(=O)c1cc(NC(=O)CCc2ccc(OC)c(F)c2)cc(C(=O)OCC)c1. The van der Waals surface area contributed by atoms with E-state index in [9.17, 15) is 18.8 Å². The molecule has 2 rings (SSSR count). The number of amides is 1. The number of methoxy groups -OCH3 is 1. The number of carbonyl (C=O) groups excluding carboxylic acids is 3. The molecule has 1 amide bonds. The summed E-state index contributed by atoms with van der Waals surface area (Å²) in [6, 6.07) is 8.68. The molecular formula is C22H24FNO6. The Balaban J connectivity index is 2.13. The van der Waals surface area contributed by atoms with Crippen molar-refractivity contribution in [2.24, 2.45) is 0 Å². The number of esters is 2. The molecule has 0 aliphatic heterocycles. The first-order valence-corrected chi connectivity index (χ1v) is 9.49. The summed E-state index contributed by atoms with van der Waals surface area (Å²) in [6.45, 7) is 3.67. The van der Waals surface area contributed by atoms with Crippen molar-refractivity contribution in [2.45, 2.75) is 26.7 Å². The van der Waals surface area contributed by atoms with Gasteiger partial charge in [-0.1, -0.05) is 6.07 Å². The van der Waals surface area contributed by atoms with Crippen LogP contribution in [0.2, 0.25) is 0 Å². The third kappa shape index (κ3) is 6.30. The molecule has 8 heteroatoms. The highest BCUT2D eigenvalue weighted by molar-refractivity contribution is 5.99. The molecule has 0 spiro atoms. The van der Waals surface area contributed by atoms with Crippen LogP contribution in [0.5, 0.6) is 5.75 Å². The van der Waals surface area contributed by atoms with Crippen LogP contribution in [0, 0.1) is 5.82 Å². The van der Waals surface area contributed by atoms with E-state index < -0.39 is 17.8 Å². The molecule has 0 saturated carbocycles. The van der Waals surface area contributed by atoms with E-state index in [4.69, 9.17) is 14.2 Å². The van der Waals surface area contributed by atoms with Crippen LogP contribution < -0.4 is 10.1 Å². The molecule has 0 fully saturated rings. The Hall–Kier alpha value is -3.42. The van der Waals surface area contributed by atoms with Gasteiger partial charge in [-0.05, 0) is 56.2 Å². The third-order valence-electron chi connectivity index (χ3n) is 4.10. The molecule has 0 aliphatic rings. The van der Waals surface area contributed by atoms with E-state index in [1.807, 2.05) is 0 Å². The number of hydrogen-bond donors (Lipinski definition) is 1. The standard InChI is InChI=1S/C22H24FNO6/c1-4-29-21(26)15-11-16(22(27)30-5-2)13-17(12-15)24-20(25)9-7-14-6-8-19(28-3)18(23)10-14/h6,8,10-13H,4-5,7,9H2,1-3H3,(H,24,25). The molecule has 0 unspecified atom stereocenters. The largest absolute Gasteiger partial charge is 0.494 e. The van der Waals surface area contributed by atoms with Crippen LogP contribution in [-0.4, -0.2) is 38.2 Å². The zero-order valence-corrected chi connectivity index (χ0v) is 17.1. The van der Waals surface area contributed by atoms with Gasteiger partial charge in [0.2, 0.25) is 5.91 Å². The lowest BCUT2D eigenvalue weighted by molar-refractivity contribution is -0.116. The monoisotopic (exact) mass is 417 g/mol. The van der Waals surface area contributed by atoms with Crippen LogP contribution >= 0.6 is 0 Å². The normalized spacial score (nSPS) is 10.3. The Labute approximate surface area is 174 Å². The van der Waals surface area contributed by atoms with Gasteiger partial charge in [0, 0.05) is 12.1 Å². The average molecular weight is 417 g/mol. The molecule has 0 aliphatic carbocycles. The lowest BCUT2D eigenvalue weighted by Gasteiger charge is -2.11. The van der Waals surface area contributed by atoms with Gasteiger partial charge in [-0.3, -0.25) is 4.79 Å². The highest BCUT2D eigenvalue weighted by Crippen LogP contribution is 2.20. The molecule has 2 aromatic carbocycles. The van der Waals surface area contributed by atoms with E-state index in [-0.39, 0.29) is 48.1 Å². The first-order valence-electron chi connectivity index (χ1n) is 9.49. The smallest absolute Gasteiger partial charge is 0.338 e. The summed E-state index contributed by atoms with van der Waals surface area (Å²) in [4.78, 5) is 36.5. The van der Waals surface area contributed by atoms with E-state index >= 15 is 0 Å². The fraction of sp³-hybridized carbons (Fsp3) is 0.318. The van der Waals surface area contributed by atoms with Crippen molar-refractivity contribution < 1.29 is 33.0 Å². The fourth-order valence-corrected chi connectivity index (χ4v) is 2.71. The average Bonchev–Trinajstić information content (AvgIpc) is 2.72. The molecule has 0 atom stereocenters. The lowest BCUT2D eigenvalue weighted by atomic mass is 10.1. The lowest BCUT2D eigenvalue weighted by Crippen LogP contribution is -2.15. The second-order valence-electron chi connectivity index (χ2n) is 6.26. The van der Waals surface area contributed by atoms with Crippen molar-refractivity contribution in [2.75, 3.05) is 25.6 Å². The van der Waals surface area contributed by atoms with Crippen LogP contribution in [0.1, 0.15) is 46.5 Å². The second kappa shape index (κ2) is 10.9. The summed E-state index contributed by atoms with van der Waals surface area (Å²) in [5.41, 5.74) is 1.13. The number of hydrogen-bond acceptors (Lipinski definition) is 6. The highest BCUT2D eigenvalue weighted by Gasteiger charge is 2.16. The summed E-state index contributed by atoms with van der Waals surface area (Å²) >= 11 is 0. The summed E-state index contributed by atoms with van der Waals surface area (Å²) in [5, 5.41) is 2.65. The molecule has 0 bridgehead atoms. The van der Waals surface area contributed by atoms with Crippen molar-refractivity contribution in [3.8, 4) is 5.75 Å². The summed E-state index contributed by atoms with van der Waals surface area (Å²) in [6.07, 6.45) is 0.374. The molecule has 2 aromatic rings. The summed E-state index contributed by atoms with van der Waals surface area (Å²) in [7, 11) is 1.38. The first kappa shape index (κ1) is 22.9. The number of rotatable bonds is 9. The van der Waals surface area contributed by atoms with Crippen LogP contribution in [0.15, 0.2) is 36.4 Å². The van der Waals surface area contributed by atoms with Crippen molar-refractivity contribution in [1.82, 2.24) is 0 Å². The Kier molecular flexibility index (Phi) is 8.34. The Morgan fingerprint density at radius 2 is 1.53 bits per heavy atom. The maximum absolute atomic E-state index is 13.8. The van der Waals surface area contributed by atoms with Gasteiger partial charge in [0.25, 0.3) is 0 Å². The Morgan fingerprint density at radius 1 is 0.933 bits per heavy atom. The molecule has 30 heavy (non-hydrogen) atoms. The van der Waals surface area contributed by atoms with Gasteiger partial charge in [0.05, 0.1) is 31.5 Å². The minimum absolute atomic E-state index is 0.0736. The van der Waals surface area contributed by atoms with Gasteiger partial charge in [0.1, 0.15) is 0 Å². The second-order valence-corrected chi connectivity index (χ2v) is 6.26. The van der Waals surface area contributed by atoms with Crippen LogP contribution in [0.25, 0.3) is 0 Å². The Morgan fingerprint density at radius 3 is 2.03 bits per heavy atom. The van der Waals surface area contributed by atoms with Gasteiger partial charge in [-0.15, -0.1) is 0 Å². The number of aryl methyl sites for hydroxylation is 1. The van der Waals surface area contributed by atoms with Crippen LogP contribution in [-0.2, 0) is 20.7 Å². The first-order chi connectivity index (χ1) is 14.4. The molecule has 0 aromatic heterocycles. The number of ether oxygens (including phenoxy) is 3. The topological polar surface area (TPSA) is 90.9 Å².